The van der Waals surface area contributed by atoms with Gasteiger partial charge in [0.05, 0.1) is 10.6 Å². The lowest BCUT2D eigenvalue weighted by molar-refractivity contribution is -0.385. The van der Waals surface area contributed by atoms with E-state index in [2.05, 4.69) is 0 Å². The molecule has 2 N–H and O–H groups in total. The number of sulfonamides is 1. The summed E-state index contributed by atoms with van der Waals surface area (Å²) in [6, 6.07) is 3.40. The van der Waals surface area contributed by atoms with Gasteiger partial charge in [-0.25, -0.2) is 8.42 Å². The summed E-state index contributed by atoms with van der Waals surface area (Å²) in [6.07, 6.45) is 3.55. The van der Waals surface area contributed by atoms with E-state index in [4.69, 9.17) is 5.73 Å². The van der Waals surface area contributed by atoms with Crippen LogP contribution in [-0.4, -0.2) is 30.2 Å². The average molecular weight is 313 g/mol. The van der Waals surface area contributed by atoms with Crippen molar-refractivity contribution in [3.63, 3.8) is 0 Å². The van der Waals surface area contributed by atoms with Gasteiger partial charge < -0.3 is 5.73 Å². The number of nitro benzene ring substituents is 1. The van der Waals surface area contributed by atoms with Gasteiger partial charge in [0, 0.05) is 24.7 Å². The zero-order valence-corrected chi connectivity index (χ0v) is 12.7. The minimum atomic E-state index is -3.82. The molecule has 1 aliphatic rings. The number of hydrogen-bond donors (Lipinski definition) is 1. The molecule has 1 aromatic carbocycles. The van der Waals surface area contributed by atoms with Crippen LogP contribution in [0.15, 0.2) is 23.1 Å². The maximum absolute atomic E-state index is 12.8. The Hall–Kier alpha value is -1.67. The van der Waals surface area contributed by atoms with Crippen molar-refractivity contribution in [1.29, 1.82) is 0 Å². The number of nitrogen functional groups attached to an aromatic ring is 1. The fraction of sp³-hybridized carbons (Fsp3) is 0.538. The Kier molecular flexibility index (Phi) is 4.48. The summed E-state index contributed by atoms with van der Waals surface area (Å²) < 4.78 is 27.0. The lowest BCUT2D eigenvalue weighted by atomic mass is 10.1. The highest BCUT2D eigenvalue weighted by molar-refractivity contribution is 7.89. The summed E-state index contributed by atoms with van der Waals surface area (Å²) >= 11 is 0. The molecule has 21 heavy (non-hydrogen) atoms. The van der Waals surface area contributed by atoms with E-state index in [0.29, 0.717) is 6.54 Å². The predicted molar refractivity (Wildman–Crippen MR) is 79.3 cm³/mol. The molecule has 1 aliphatic heterocycles. The number of nitrogens with two attached hydrogens (primary N) is 1. The molecule has 0 saturated carbocycles. The number of nitro groups is 1. The normalized spacial score (nSPS) is 20.9. The number of anilines is 1. The molecule has 1 aromatic rings. The highest BCUT2D eigenvalue weighted by Gasteiger charge is 2.32. The minimum Gasteiger partial charge on any atom is -0.398 e. The largest absolute Gasteiger partial charge is 0.398 e. The summed E-state index contributed by atoms with van der Waals surface area (Å²) in [7, 11) is -3.82. The second-order valence-electron chi connectivity index (χ2n) is 5.29. The molecule has 0 aromatic heterocycles. The Labute approximate surface area is 123 Å². The smallest absolute Gasteiger partial charge is 0.270 e. The maximum atomic E-state index is 12.8. The first-order chi connectivity index (χ1) is 9.84. The lowest BCUT2D eigenvalue weighted by Crippen LogP contribution is -2.38. The second-order valence-corrected chi connectivity index (χ2v) is 7.15. The predicted octanol–water partition coefficient (Wildman–Crippen LogP) is 2.13. The Morgan fingerprint density at radius 2 is 2.05 bits per heavy atom. The molecule has 0 amide bonds. The molecule has 0 aliphatic carbocycles. The first-order valence-electron chi connectivity index (χ1n) is 6.90. The monoisotopic (exact) mass is 313 g/mol. The van der Waals surface area contributed by atoms with Crippen LogP contribution in [0.4, 0.5) is 11.4 Å². The molecule has 116 valence electrons. The molecule has 8 heteroatoms. The third-order valence-corrected chi connectivity index (χ3v) is 5.86. The number of rotatable bonds is 3. The van der Waals surface area contributed by atoms with Crippen LogP contribution >= 0.6 is 0 Å². The SMILES string of the molecule is CC1CCCCCN1S(=O)(=O)c1cc([N+](=O)[O-])ccc1N. The van der Waals surface area contributed by atoms with Gasteiger partial charge in [0.2, 0.25) is 10.0 Å². The van der Waals surface area contributed by atoms with Crippen LogP contribution in [0.3, 0.4) is 0 Å². The van der Waals surface area contributed by atoms with Gasteiger partial charge in [0.1, 0.15) is 4.90 Å². The highest BCUT2D eigenvalue weighted by Crippen LogP contribution is 2.30. The zero-order chi connectivity index (χ0) is 15.6. The van der Waals surface area contributed by atoms with Crippen molar-refractivity contribution in [1.82, 2.24) is 4.31 Å². The highest BCUT2D eigenvalue weighted by atomic mass is 32.2. The Morgan fingerprint density at radius 3 is 2.71 bits per heavy atom. The minimum absolute atomic E-state index is 0.0389. The van der Waals surface area contributed by atoms with Gasteiger partial charge in [-0.3, -0.25) is 10.1 Å². The molecule has 7 nitrogen and oxygen atoms in total. The topological polar surface area (TPSA) is 107 Å². The van der Waals surface area contributed by atoms with Crippen LogP contribution in [0.2, 0.25) is 0 Å². The van der Waals surface area contributed by atoms with Crippen molar-refractivity contribution < 1.29 is 13.3 Å². The van der Waals surface area contributed by atoms with Crippen molar-refractivity contribution in [2.24, 2.45) is 0 Å². The van der Waals surface area contributed by atoms with E-state index < -0.39 is 14.9 Å². The molecule has 1 unspecified atom stereocenters. The number of benzene rings is 1. The van der Waals surface area contributed by atoms with Crippen LogP contribution in [0.25, 0.3) is 0 Å². The van der Waals surface area contributed by atoms with Gasteiger partial charge in [-0.2, -0.15) is 4.31 Å². The third kappa shape index (κ3) is 3.16. The van der Waals surface area contributed by atoms with Crippen molar-refractivity contribution in [3.05, 3.63) is 28.3 Å². The van der Waals surface area contributed by atoms with E-state index in [9.17, 15) is 18.5 Å². The quantitative estimate of drug-likeness (QED) is 0.522. The molecule has 0 bridgehead atoms. The lowest BCUT2D eigenvalue weighted by Gasteiger charge is -2.26. The molecule has 1 heterocycles. The van der Waals surface area contributed by atoms with Crippen LogP contribution in [0, 0.1) is 10.1 Å². The molecule has 1 fully saturated rings. The van der Waals surface area contributed by atoms with E-state index in [1.54, 1.807) is 0 Å². The number of hydrogen-bond acceptors (Lipinski definition) is 5. The summed E-state index contributed by atoms with van der Waals surface area (Å²) in [5, 5.41) is 10.8. The summed E-state index contributed by atoms with van der Waals surface area (Å²) in [4.78, 5) is 10.0. The van der Waals surface area contributed by atoms with E-state index in [-0.39, 0.29) is 22.3 Å². The molecular formula is C13H19N3O4S. The second kappa shape index (κ2) is 5.98. The first-order valence-corrected chi connectivity index (χ1v) is 8.34. The number of nitrogens with zero attached hydrogens (tertiary/aromatic N) is 2. The first kappa shape index (κ1) is 15.7. The fourth-order valence-electron chi connectivity index (χ4n) is 2.59. The van der Waals surface area contributed by atoms with Gasteiger partial charge in [-0.15, -0.1) is 0 Å². The van der Waals surface area contributed by atoms with Gasteiger partial charge in [-0.05, 0) is 25.8 Å². The van der Waals surface area contributed by atoms with Crippen LogP contribution in [-0.2, 0) is 10.0 Å². The van der Waals surface area contributed by atoms with E-state index >= 15 is 0 Å². The molecular weight excluding hydrogens is 294 g/mol. The maximum Gasteiger partial charge on any atom is 0.270 e. The van der Waals surface area contributed by atoms with Crippen molar-refractivity contribution >= 4 is 21.4 Å². The van der Waals surface area contributed by atoms with Crippen molar-refractivity contribution in [2.75, 3.05) is 12.3 Å². The fourth-order valence-corrected chi connectivity index (χ4v) is 4.43. The van der Waals surface area contributed by atoms with E-state index in [1.807, 2.05) is 6.92 Å². The molecule has 0 radical (unpaired) electrons. The van der Waals surface area contributed by atoms with Gasteiger partial charge in [0.15, 0.2) is 0 Å². The molecule has 2 rings (SSSR count). The van der Waals surface area contributed by atoms with Crippen molar-refractivity contribution in [2.45, 2.75) is 43.5 Å². The van der Waals surface area contributed by atoms with Crippen LogP contribution in [0.1, 0.15) is 32.6 Å². The Balaban J connectivity index is 2.47. The van der Waals surface area contributed by atoms with Crippen LogP contribution in [0.5, 0.6) is 0 Å². The summed E-state index contributed by atoms with van der Waals surface area (Å²) in [5.74, 6) is 0. The van der Waals surface area contributed by atoms with Gasteiger partial charge in [-0.1, -0.05) is 12.8 Å². The van der Waals surface area contributed by atoms with Gasteiger partial charge in [0.25, 0.3) is 5.69 Å². The van der Waals surface area contributed by atoms with Gasteiger partial charge >= 0.3 is 0 Å². The number of non-ortho nitro benzene ring substituents is 1. The third-order valence-electron chi connectivity index (χ3n) is 3.79. The average Bonchev–Trinajstić information content (AvgIpc) is 2.63. The van der Waals surface area contributed by atoms with Crippen LogP contribution < -0.4 is 5.73 Å². The van der Waals surface area contributed by atoms with E-state index in [1.165, 1.54) is 16.4 Å². The standard InChI is InChI=1S/C13H19N3O4S/c1-10-5-3-2-4-8-15(10)21(19,20)13-9-11(16(17)18)6-7-12(13)14/h6-7,9-10H,2-5,8,14H2,1H3. The Bertz CT molecular complexity index is 645. The summed E-state index contributed by atoms with van der Waals surface area (Å²) in [5.41, 5.74) is 5.50. The van der Waals surface area contributed by atoms with Crippen molar-refractivity contribution in [3.8, 4) is 0 Å². The molecule has 0 spiro atoms. The van der Waals surface area contributed by atoms with E-state index in [0.717, 1.165) is 31.7 Å². The summed E-state index contributed by atoms with van der Waals surface area (Å²) in [6.45, 7) is 2.28. The Morgan fingerprint density at radius 1 is 1.33 bits per heavy atom. The zero-order valence-electron chi connectivity index (χ0n) is 11.9. The molecule has 1 saturated heterocycles. The molecule has 1 atom stereocenters.